The predicted molar refractivity (Wildman–Crippen MR) is 93.6 cm³/mol. The van der Waals surface area contributed by atoms with E-state index >= 15 is 0 Å². The van der Waals surface area contributed by atoms with Crippen LogP contribution in [0.5, 0.6) is 0 Å². The number of carbonyl (C=O) groups is 2. The Balaban J connectivity index is 2.36. The summed E-state index contributed by atoms with van der Waals surface area (Å²) < 4.78 is -2.12. The molecule has 2 aromatic carbocycles. The molecule has 0 saturated carbocycles. The lowest BCUT2D eigenvalue weighted by atomic mass is 10.1. The highest BCUT2D eigenvalue weighted by molar-refractivity contribution is 6.76. The molecule has 0 aliphatic rings. The number of allylic oxidation sites excluding steroid dienone is 1. The van der Waals surface area contributed by atoms with Gasteiger partial charge in [-0.3, -0.25) is 9.59 Å². The van der Waals surface area contributed by atoms with Crippen LogP contribution in [0.3, 0.4) is 0 Å². The summed E-state index contributed by atoms with van der Waals surface area (Å²) in [5.41, 5.74) is 1.37. The molecule has 1 N–H and O–H groups in total. The van der Waals surface area contributed by atoms with Crippen LogP contribution in [0.2, 0.25) is 0 Å². The first-order chi connectivity index (χ1) is 10.9. The van der Waals surface area contributed by atoms with E-state index in [0.717, 1.165) is 0 Å². The minimum Gasteiger partial charge on any atom is -0.322 e. The normalized spacial score (nSPS) is 11.9. The number of halogens is 3. The zero-order valence-corrected chi connectivity index (χ0v) is 14.1. The van der Waals surface area contributed by atoms with Crippen LogP contribution in [0.15, 0.2) is 66.7 Å². The van der Waals surface area contributed by atoms with E-state index in [1.54, 1.807) is 48.5 Å². The molecule has 118 valence electrons. The second-order valence-corrected chi connectivity index (χ2v) is 6.89. The molecule has 0 radical (unpaired) electrons. The lowest BCUT2D eigenvalue weighted by Crippen LogP contribution is -2.33. The molecule has 0 heterocycles. The molecule has 0 unspecified atom stereocenters. The van der Waals surface area contributed by atoms with Crippen molar-refractivity contribution >= 4 is 52.2 Å². The zero-order chi connectivity index (χ0) is 16.9. The van der Waals surface area contributed by atoms with E-state index < -0.39 is 9.70 Å². The van der Waals surface area contributed by atoms with Crippen LogP contribution in [0.25, 0.3) is 5.70 Å². The van der Waals surface area contributed by atoms with Crippen molar-refractivity contribution in [1.82, 2.24) is 5.32 Å². The first-order valence-corrected chi connectivity index (χ1v) is 7.76. The molecule has 0 spiro atoms. The smallest absolute Gasteiger partial charge is 0.276 e. The van der Waals surface area contributed by atoms with Gasteiger partial charge in [0.15, 0.2) is 5.78 Å². The molecule has 0 bridgehead atoms. The van der Waals surface area contributed by atoms with Gasteiger partial charge in [-0.1, -0.05) is 95.5 Å². The van der Waals surface area contributed by atoms with E-state index in [0.29, 0.717) is 11.1 Å². The first-order valence-electron chi connectivity index (χ1n) is 6.62. The van der Waals surface area contributed by atoms with Gasteiger partial charge in [0, 0.05) is 11.6 Å². The summed E-state index contributed by atoms with van der Waals surface area (Å²) in [5.74, 6) is -1.10. The largest absolute Gasteiger partial charge is 0.322 e. The number of alkyl halides is 3. The molecule has 23 heavy (non-hydrogen) atoms. The number of hydrogen-bond acceptors (Lipinski definition) is 2. The van der Waals surface area contributed by atoms with Gasteiger partial charge in [-0.25, -0.2) is 0 Å². The molecule has 2 rings (SSSR count). The van der Waals surface area contributed by atoms with Gasteiger partial charge in [0.1, 0.15) is 0 Å². The van der Waals surface area contributed by atoms with Crippen molar-refractivity contribution in [3.63, 3.8) is 0 Å². The summed E-state index contributed by atoms with van der Waals surface area (Å²) in [6, 6.07) is 17.5. The minimum atomic E-state index is -2.12. The summed E-state index contributed by atoms with van der Waals surface area (Å²) >= 11 is 16.7. The van der Waals surface area contributed by atoms with E-state index in [4.69, 9.17) is 34.8 Å². The number of nitrogens with one attached hydrogen (secondary N) is 1. The Kier molecular flexibility index (Phi) is 5.83. The summed E-state index contributed by atoms with van der Waals surface area (Å²) in [6.45, 7) is 0. The number of amides is 1. The third-order valence-corrected chi connectivity index (χ3v) is 3.44. The van der Waals surface area contributed by atoms with E-state index in [1.807, 2.05) is 12.1 Å². The van der Waals surface area contributed by atoms with Crippen molar-refractivity contribution in [3.8, 4) is 0 Å². The number of rotatable bonds is 4. The Morgan fingerprint density at radius 1 is 0.826 bits per heavy atom. The molecule has 3 nitrogen and oxygen atoms in total. The van der Waals surface area contributed by atoms with Gasteiger partial charge < -0.3 is 5.32 Å². The quantitative estimate of drug-likeness (QED) is 0.494. The maximum absolute atomic E-state index is 12.3. The Hall–Kier alpha value is -1.81. The molecule has 0 atom stereocenters. The Bertz CT molecular complexity index is 723. The van der Waals surface area contributed by atoms with Gasteiger partial charge in [0.2, 0.25) is 0 Å². The predicted octanol–water partition coefficient (Wildman–Crippen LogP) is 4.40. The van der Waals surface area contributed by atoms with Gasteiger partial charge in [-0.05, 0) is 5.56 Å². The van der Waals surface area contributed by atoms with Crippen molar-refractivity contribution in [2.45, 2.75) is 3.79 Å². The maximum atomic E-state index is 12.3. The van der Waals surface area contributed by atoms with E-state index in [9.17, 15) is 9.59 Å². The standard InChI is InChI=1S/C17H12Cl3NO2/c18-17(19,20)16(23)21-14(12-7-3-1-4-8-12)11-15(22)13-9-5-2-6-10-13/h1-11H,(H,21,23)/b14-11-. The zero-order valence-electron chi connectivity index (χ0n) is 11.8. The fourth-order valence-electron chi connectivity index (χ4n) is 1.82. The van der Waals surface area contributed by atoms with Gasteiger partial charge in [0.05, 0.1) is 5.70 Å². The van der Waals surface area contributed by atoms with Gasteiger partial charge >= 0.3 is 0 Å². The average molecular weight is 369 g/mol. The van der Waals surface area contributed by atoms with Gasteiger partial charge in [-0.2, -0.15) is 0 Å². The molecule has 2 aromatic rings. The fraction of sp³-hybridized carbons (Fsp3) is 0.0588. The second-order valence-electron chi connectivity index (χ2n) is 4.61. The SMILES string of the molecule is O=C(/C=C(\NC(=O)C(Cl)(Cl)Cl)c1ccccc1)c1ccccc1. The Morgan fingerprint density at radius 2 is 1.30 bits per heavy atom. The van der Waals surface area contributed by atoms with Crippen molar-refractivity contribution in [1.29, 1.82) is 0 Å². The van der Waals surface area contributed by atoms with Crippen LogP contribution in [-0.4, -0.2) is 15.5 Å². The van der Waals surface area contributed by atoms with Crippen LogP contribution >= 0.6 is 34.8 Å². The van der Waals surface area contributed by atoms with Gasteiger partial charge in [0.25, 0.3) is 9.70 Å². The van der Waals surface area contributed by atoms with Crippen LogP contribution in [0.4, 0.5) is 0 Å². The first kappa shape index (κ1) is 17.5. The monoisotopic (exact) mass is 367 g/mol. The van der Waals surface area contributed by atoms with Gasteiger partial charge in [-0.15, -0.1) is 0 Å². The van der Waals surface area contributed by atoms with Crippen molar-refractivity contribution in [2.75, 3.05) is 0 Å². The number of hydrogen-bond donors (Lipinski definition) is 1. The highest BCUT2D eigenvalue weighted by Crippen LogP contribution is 2.27. The number of carbonyl (C=O) groups excluding carboxylic acids is 2. The minimum absolute atomic E-state index is 0.260. The molecule has 1 amide bonds. The van der Waals surface area contributed by atoms with Crippen LogP contribution in [-0.2, 0) is 4.79 Å². The molecule has 0 saturated heterocycles. The fourth-order valence-corrected chi connectivity index (χ4v) is 1.96. The van der Waals surface area contributed by atoms with E-state index in [-0.39, 0.29) is 11.5 Å². The number of benzene rings is 2. The molecular formula is C17H12Cl3NO2. The molecule has 0 fully saturated rings. The third-order valence-electron chi connectivity index (χ3n) is 2.92. The highest BCUT2D eigenvalue weighted by atomic mass is 35.6. The van der Waals surface area contributed by atoms with Crippen LogP contribution < -0.4 is 5.32 Å². The number of ketones is 1. The summed E-state index contributed by atoms with van der Waals surface area (Å²) in [7, 11) is 0. The van der Waals surface area contributed by atoms with E-state index in [2.05, 4.69) is 5.32 Å². The summed E-state index contributed by atoms with van der Waals surface area (Å²) in [4.78, 5) is 24.2. The maximum Gasteiger partial charge on any atom is 0.276 e. The van der Waals surface area contributed by atoms with Crippen LogP contribution in [0.1, 0.15) is 15.9 Å². The molecule has 0 aliphatic carbocycles. The molecule has 0 aromatic heterocycles. The third kappa shape index (κ3) is 5.10. The van der Waals surface area contributed by atoms with Crippen molar-refractivity contribution in [3.05, 3.63) is 77.9 Å². The molecular weight excluding hydrogens is 357 g/mol. The topological polar surface area (TPSA) is 46.2 Å². The highest BCUT2D eigenvalue weighted by Gasteiger charge is 2.31. The van der Waals surface area contributed by atoms with Crippen molar-refractivity contribution in [2.24, 2.45) is 0 Å². The Labute approximate surface area is 148 Å². The molecule has 0 aliphatic heterocycles. The summed E-state index contributed by atoms with van der Waals surface area (Å²) in [5, 5.41) is 2.48. The van der Waals surface area contributed by atoms with Crippen molar-refractivity contribution < 1.29 is 9.59 Å². The van der Waals surface area contributed by atoms with E-state index in [1.165, 1.54) is 6.08 Å². The Morgan fingerprint density at radius 3 is 1.78 bits per heavy atom. The lowest BCUT2D eigenvalue weighted by molar-refractivity contribution is -0.119. The summed E-state index contributed by atoms with van der Waals surface area (Å²) in [6.07, 6.45) is 1.30. The average Bonchev–Trinajstić information content (AvgIpc) is 2.55. The second kappa shape index (κ2) is 7.64. The van der Waals surface area contributed by atoms with Crippen LogP contribution in [0, 0.1) is 0 Å². The molecule has 6 heteroatoms. The lowest BCUT2D eigenvalue weighted by Gasteiger charge is -2.14.